The predicted molar refractivity (Wildman–Crippen MR) is 116 cm³/mol. The van der Waals surface area contributed by atoms with Gasteiger partial charge in [0.15, 0.2) is 0 Å². The van der Waals surface area contributed by atoms with Gasteiger partial charge in [0.1, 0.15) is 5.82 Å². The maximum absolute atomic E-state index is 12.9. The molecule has 3 unspecified atom stereocenters. The van der Waals surface area contributed by atoms with Crippen LogP contribution >= 0.6 is 0 Å². The highest BCUT2D eigenvalue weighted by Gasteiger charge is 2.32. The van der Waals surface area contributed by atoms with Crippen LogP contribution in [-0.4, -0.2) is 70.1 Å². The molecule has 3 heterocycles. The van der Waals surface area contributed by atoms with Crippen molar-refractivity contribution in [2.45, 2.75) is 64.2 Å². The van der Waals surface area contributed by atoms with E-state index in [0.29, 0.717) is 42.0 Å². The number of amides is 1. The van der Waals surface area contributed by atoms with E-state index in [9.17, 15) is 9.59 Å². The number of carbonyl (C=O) groups excluding carboxylic acids is 1. The number of rotatable bonds is 6. The smallest absolute Gasteiger partial charge is 0.258 e. The molecule has 1 aromatic carbocycles. The Labute approximate surface area is 177 Å². The Morgan fingerprint density at radius 3 is 2.80 bits per heavy atom. The molecule has 1 aromatic heterocycles. The molecule has 7 heteroatoms. The van der Waals surface area contributed by atoms with Crippen LogP contribution in [0.15, 0.2) is 29.1 Å². The van der Waals surface area contributed by atoms with Crippen LogP contribution in [-0.2, 0) is 16.0 Å². The van der Waals surface area contributed by atoms with Crippen molar-refractivity contribution in [2.24, 2.45) is 0 Å². The van der Waals surface area contributed by atoms with Crippen molar-refractivity contribution in [3.8, 4) is 0 Å². The number of carbonyl (C=O) groups is 1. The molecular formula is C23H32N4O3. The second-order valence-electron chi connectivity index (χ2n) is 8.74. The summed E-state index contributed by atoms with van der Waals surface area (Å²) in [5.41, 5.74) is 0.589. The van der Waals surface area contributed by atoms with E-state index in [0.717, 1.165) is 39.0 Å². The van der Waals surface area contributed by atoms with Gasteiger partial charge in [0.05, 0.1) is 23.1 Å². The molecule has 1 amide bonds. The number of fused-ring (bicyclic) bond motifs is 1. The van der Waals surface area contributed by atoms with E-state index in [2.05, 4.69) is 33.6 Å². The minimum Gasteiger partial charge on any atom is -0.373 e. The quantitative estimate of drug-likeness (QED) is 0.788. The third-order valence-corrected chi connectivity index (χ3v) is 6.13. The van der Waals surface area contributed by atoms with Crippen molar-refractivity contribution in [1.29, 1.82) is 0 Å². The zero-order chi connectivity index (χ0) is 21.1. The van der Waals surface area contributed by atoms with Gasteiger partial charge in [0, 0.05) is 45.1 Å². The number of aromatic amines is 1. The summed E-state index contributed by atoms with van der Waals surface area (Å²) in [7, 11) is 0. The van der Waals surface area contributed by atoms with Gasteiger partial charge in [-0.15, -0.1) is 0 Å². The Bertz CT molecular complexity index is 933. The van der Waals surface area contributed by atoms with E-state index in [4.69, 9.17) is 4.74 Å². The Balaban J connectivity index is 1.30. The number of aryl methyl sites for hydroxylation is 1. The summed E-state index contributed by atoms with van der Waals surface area (Å²) in [4.78, 5) is 37.0. The van der Waals surface area contributed by atoms with E-state index in [-0.39, 0.29) is 23.7 Å². The first-order valence-electron chi connectivity index (χ1n) is 11.1. The number of nitrogens with one attached hydrogen (secondary N) is 1. The fourth-order valence-electron chi connectivity index (χ4n) is 4.89. The molecule has 3 atom stereocenters. The van der Waals surface area contributed by atoms with E-state index in [1.807, 2.05) is 18.2 Å². The lowest BCUT2D eigenvalue weighted by atomic mass is 10.1. The summed E-state index contributed by atoms with van der Waals surface area (Å²) in [6.07, 6.45) is 4.42. The van der Waals surface area contributed by atoms with Gasteiger partial charge in [-0.3, -0.25) is 14.5 Å². The molecule has 0 saturated carbocycles. The monoisotopic (exact) mass is 412 g/mol. The summed E-state index contributed by atoms with van der Waals surface area (Å²) in [5, 5.41) is 0.601. The van der Waals surface area contributed by atoms with Crippen LogP contribution in [0.25, 0.3) is 10.9 Å². The minimum absolute atomic E-state index is 0.115. The molecule has 4 rings (SSSR count). The van der Waals surface area contributed by atoms with Gasteiger partial charge < -0.3 is 14.6 Å². The summed E-state index contributed by atoms with van der Waals surface area (Å²) in [6, 6.07) is 7.64. The van der Waals surface area contributed by atoms with E-state index in [1.54, 1.807) is 6.07 Å². The fraction of sp³-hybridized carbons (Fsp3) is 0.609. The maximum atomic E-state index is 12.9. The number of ether oxygens (including phenoxy) is 1. The van der Waals surface area contributed by atoms with Crippen LogP contribution in [0, 0.1) is 0 Å². The van der Waals surface area contributed by atoms with E-state index < -0.39 is 0 Å². The van der Waals surface area contributed by atoms with Crippen molar-refractivity contribution in [3.05, 3.63) is 40.4 Å². The molecule has 0 radical (unpaired) electrons. The number of likely N-dealkylation sites (tertiary alicyclic amines) is 1. The molecule has 0 bridgehead atoms. The Kier molecular flexibility index (Phi) is 6.49. The van der Waals surface area contributed by atoms with Gasteiger partial charge in [-0.05, 0) is 45.2 Å². The Morgan fingerprint density at radius 1 is 1.23 bits per heavy atom. The lowest BCUT2D eigenvalue weighted by Gasteiger charge is -2.38. The zero-order valence-corrected chi connectivity index (χ0v) is 18.0. The second-order valence-corrected chi connectivity index (χ2v) is 8.74. The topological polar surface area (TPSA) is 78.5 Å². The lowest BCUT2D eigenvalue weighted by Crippen LogP contribution is -2.50. The molecule has 0 aliphatic carbocycles. The second kappa shape index (κ2) is 9.27. The number of H-pyrrole nitrogens is 1. The van der Waals surface area contributed by atoms with Crippen LogP contribution < -0.4 is 5.56 Å². The van der Waals surface area contributed by atoms with Crippen LogP contribution in [0.5, 0.6) is 0 Å². The molecule has 162 valence electrons. The maximum Gasteiger partial charge on any atom is 0.258 e. The molecule has 0 spiro atoms. The largest absolute Gasteiger partial charge is 0.373 e. The summed E-state index contributed by atoms with van der Waals surface area (Å²) in [5.74, 6) is 0.871. The van der Waals surface area contributed by atoms with Crippen molar-refractivity contribution < 1.29 is 9.53 Å². The molecule has 1 N–H and O–H groups in total. The number of hydrogen-bond donors (Lipinski definition) is 1. The molecule has 2 aliphatic heterocycles. The number of aromatic nitrogens is 2. The van der Waals surface area contributed by atoms with E-state index >= 15 is 0 Å². The molecule has 2 saturated heterocycles. The van der Waals surface area contributed by atoms with Gasteiger partial charge in [0.2, 0.25) is 5.91 Å². The van der Waals surface area contributed by atoms with Crippen LogP contribution in [0.2, 0.25) is 0 Å². The van der Waals surface area contributed by atoms with Gasteiger partial charge in [-0.25, -0.2) is 4.98 Å². The van der Waals surface area contributed by atoms with Crippen molar-refractivity contribution in [1.82, 2.24) is 19.8 Å². The summed E-state index contributed by atoms with van der Waals surface area (Å²) in [6.45, 7) is 7.89. The van der Waals surface area contributed by atoms with E-state index in [1.165, 1.54) is 0 Å². The van der Waals surface area contributed by atoms with Crippen LogP contribution in [0.4, 0.5) is 0 Å². The fourth-order valence-corrected chi connectivity index (χ4v) is 4.89. The number of morpholine rings is 1. The van der Waals surface area contributed by atoms with Gasteiger partial charge in [-0.2, -0.15) is 0 Å². The normalized spacial score (nSPS) is 25.1. The zero-order valence-electron chi connectivity index (χ0n) is 18.0. The average molecular weight is 413 g/mol. The Morgan fingerprint density at radius 2 is 2.00 bits per heavy atom. The molecule has 2 fully saturated rings. The van der Waals surface area contributed by atoms with Gasteiger partial charge in [0.25, 0.3) is 5.56 Å². The first-order chi connectivity index (χ1) is 14.5. The number of benzene rings is 1. The number of nitrogens with zero attached hydrogens (tertiary/aromatic N) is 3. The first kappa shape index (κ1) is 21.0. The average Bonchev–Trinajstić information content (AvgIpc) is 3.15. The third-order valence-electron chi connectivity index (χ3n) is 6.13. The summed E-state index contributed by atoms with van der Waals surface area (Å²) < 4.78 is 5.83. The highest BCUT2D eigenvalue weighted by molar-refractivity contribution is 5.77. The first-order valence-corrected chi connectivity index (χ1v) is 11.1. The molecule has 7 nitrogen and oxygen atoms in total. The standard InChI is InChI=1S/C23H32N4O3/c1-16-13-26(14-17(2)30-16)15-18-7-6-12-27(18)22(28)11-5-10-21-24-20-9-4-3-8-19(20)23(29)25-21/h3-4,8-9,16-18H,5-7,10-15H2,1-2H3,(H,24,25,29). The number of hydrogen-bond acceptors (Lipinski definition) is 5. The van der Waals surface area contributed by atoms with Crippen molar-refractivity contribution in [3.63, 3.8) is 0 Å². The molecular weight excluding hydrogens is 380 g/mol. The lowest BCUT2D eigenvalue weighted by molar-refractivity contribution is -0.133. The SMILES string of the molecule is CC1CN(CC2CCCN2C(=O)CCCc2nc3ccccc3c(=O)[nH]2)CC(C)O1. The van der Waals surface area contributed by atoms with Crippen molar-refractivity contribution in [2.75, 3.05) is 26.2 Å². The predicted octanol–water partition coefficient (Wildman–Crippen LogP) is 2.35. The summed E-state index contributed by atoms with van der Waals surface area (Å²) >= 11 is 0. The third kappa shape index (κ3) is 4.90. The van der Waals surface area contributed by atoms with Crippen molar-refractivity contribution >= 4 is 16.8 Å². The van der Waals surface area contributed by atoms with Crippen LogP contribution in [0.3, 0.4) is 0 Å². The minimum atomic E-state index is -0.115. The highest BCUT2D eigenvalue weighted by atomic mass is 16.5. The Hall–Kier alpha value is -2.25. The molecule has 2 aromatic rings. The highest BCUT2D eigenvalue weighted by Crippen LogP contribution is 2.22. The number of para-hydroxylation sites is 1. The van der Waals surface area contributed by atoms with Crippen LogP contribution in [0.1, 0.15) is 45.4 Å². The molecule has 2 aliphatic rings. The van der Waals surface area contributed by atoms with Gasteiger partial charge >= 0.3 is 0 Å². The van der Waals surface area contributed by atoms with Gasteiger partial charge in [-0.1, -0.05) is 12.1 Å². The molecule has 30 heavy (non-hydrogen) atoms.